The number of nitriles is 1. The maximum atomic E-state index is 13.8. The van der Waals surface area contributed by atoms with Crippen LogP contribution in [0.25, 0.3) is 11.0 Å². The van der Waals surface area contributed by atoms with Gasteiger partial charge in [0.2, 0.25) is 5.76 Å². The molecule has 0 amide bonds. The number of nitrogens with zero attached hydrogens (tertiary/aromatic N) is 1. The Morgan fingerprint density at radius 2 is 1.92 bits per heavy atom. The minimum absolute atomic E-state index is 0.0535. The third-order valence-electron chi connectivity index (χ3n) is 3.25. The minimum Gasteiger partial charge on any atom is -0.444 e. The molecule has 0 radical (unpaired) electrons. The van der Waals surface area contributed by atoms with E-state index in [0.29, 0.717) is 10.3 Å². The van der Waals surface area contributed by atoms with Crippen LogP contribution in [0.4, 0.5) is 8.78 Å². The first kappa shape index (κ1) is 16.5. The van der Waals surface area contributed by atoms with Gasteiger partial charge in [0.1, 0.15) is 23.3 Å². The van der Waals surface area contributed by atoms with Gasteiger partial charge < -0.3 is 4.42 Å². The van der Waals surface area contributed by atoms with Gasteiger partial charge in [-0.05, 0) is 24.3 Å². The van der Waals surface area contributed by atoms with Crippen molar-refractivity contribution in [2.75, 3.05) is 6.26 Å². The Kier molecular flexibility index (Phi) is 4.07. The number of sulfone groups is 1. The fraction of sp³-hybridized carbons (Fsp3) is 0.0625. The number of hydrogen-bond acceptors (Lipinski definition) is 5. The second kappa shape index (κ2) is 5.92. The zero-order valence-corrected chi connectivity index (χ0v) is 13.8. The van der Waals surface area contributed by atoms with Gasteiger partial charge in [0.05, 0.1) is 9.79 Å². The standard InChI is InChI=1S/C16H9F2NO3S2/c1-24(20,21)10-3-4-11-13(7-10)22-14(8-19)16(11)23-15-5-2-9(17)6-12(15)18/h2-7H,1H3. The van der Waals surface area contributed by atoms with Crippen molar-refractivity contribution < 1.29 is 21.6 Å². The third-order valence-corrected chi connectivity index (χ3v) is 5.52. The molecule has 0 N–H and O–H groups in total. The molecule has 3 rings (SSSR count). The summed E-state index contributed by atoms with van der Waals surface area (Å²) in [4.78, 5) is 0.526. The van der Waals surface area contributed by atoms with E-state index in [2.05, 4.69) is 0 Å². The molecule has 3 aromatic rings. The number of furan rings is 1. The summed E-state index contributed by atoms with van der Waals surface area (Å²) >= 11 is 0.916. The van der Waals surface area contributed by atoms with Crippen LogP contribution in [0.15, 0.2) is 55.5 Å². The van der Waals surface area contributed by atoms with Crippen LogP contribution in [0.1, 0.15) is 5.76 Å². The quantitative estimate of drug-likeness (QED) is 0.698. The van der Waals surface area contributed by atoms with E-state index in [9.17, 15) is 22.5 Å². The second-order valence-corrected chi connectivity index (χ2v) is 8.05. The Balaban J connectivity index is 2.15. The Hall–Kier alpha value is -2.37. The van der Waals surface area contributed by atoms with Gasteiger partial charge in [0, 0.05) is 28.7 Å². The van der Waals surface area contributed by atoms with Crippen molar-refractivity contribution in [1.82, 2.24) is 0 Å². The molecular formula is C16H9F2NO3S2. The van der Waals surface area contributed by atoms with Crippen molar-refractivity contribution >= 4 is 32.6 Å². The normalized spacial score (nSPS) is 11.6. The first-order chi connectivity index (χ1) is 11.3. The molecule has 0 saturated heterocycles. The lowest BCUT2D eigenvalue weighted by Gasteiger charge is -2.02. The van der Waals surface area contributed by atoms with Crippen molar-refractivity contribution in [3.63, 3.8) is 0 Å². The van der Waals surface area contributed by atoms with E-state index in [4.69, 9.17) is 4.42 Å². The van der Waals surface area contributed by atoms with Crippen molar-refractivity contribution in [3.05, 3.63) is 53.8 Å². The number of benzene rings is 2. The molecule has 0 saturated carbocycles. The number of hydrogen-bond donors (Lipinski definition) is 0. The minimum atomic E-state index is -3.43. The number of halogens is 2. The molecule has 0 spiro atoms. The van der Waals surface area contributed by atoms with Crippen LogP contribution >= 0.6 is 11.8 Å². The monoisotopic (exact) mass is 365 g/mol. The first-order valence-corrected chi connectivity index (χ1v) is 9.30. The van der Waals surface area contributed by atoms with Gasteiger partial charge in [0.25, 0.3) is 0 Å². The molecule has 0 bridgehead atoms. The van der Waals surface area contributed by atoms with Gasteiger partial charge in [-0.2, -0.15) is 5.26 Å². The SMILES string of the molecule is CS(=O)(=O)c1ccc2c(Sc3ccc(F)cc3F)c(C#N)oc2c1. The number of rotatable bonds is 3. The summed E-state index contributed by atoms with van der Waals surface area (Å²) in [5, 5.41) is 9.69. The van der Waals surface area contributed by atoms with Gasteiger partial charge in [-0.25, -0.2) is 17.2 Å². The summed E-state index contributed by atoms with van der Waals surface area (Å²) in [6, 6.07) is 9.19. The fourth-order valence-corrected chi connectivity index (χ4v) is 3.73. The molecule has 0 atom stereocenters. The molecule has 0 unspecified atom stereocenters. The zero-order valence-electron chi connectivity index (χ0n) is 12.2. The van der Waals surface area contributed by atoms with Crippen molar-refractivity contribution in [3.8, 4) is 6.07 Å². The van der Waals surface area contributed by atoms with Crippen LogP contribution in [0.5, 0.6) is 0 Å². The van der Waals surface area contributed by atoms with Crippen LogP contribution < -0.4 is 0 Å². The number of fused-ring (bicyclic) bond motifs is 1. The summed E-state index contributed by atoms with van der Waals surface area (Å²) in [5.74, 6) is -1.53. The highest BCUT2D eigenvalue weighted by Crippen LogP contribution is 2.39. The molecule has 0 aliphatic carbocycles. The second-order valence-electron chi connectivity index (χ2n) is 4.98. The van der Waals surface area contributed by atoms with E-state index in [0.717, 1.165) is 30.2 Å². The summed E-state index contributed by atoms with van der Waals surface area (Å²) in [6.07, 6.45) is 1.06. The molecule has 122 valence electrons. The highest BCUT2D eigenvalue weighted by atomic mass is 32.2. The largest absolute Gasteiger partial charge is 0.444 e. The Morgan fingerprint density at radius 1 is 1.17 bits per heavy atom. The predicted octanol–water partition coefficient (Wildman–Crippen LogP) is 4.14. The van der Waals surface area contributed by atoms with Gasteiger partial charge in [-0.15, -0.1) is 0 Å². The van der Waals surface area contributed by atoms with E-state index in [1.165, 1.54) is 24.3 Å². The lowest BCUT2D eigenvalue weighted by atomic mass is 10.2. The molecular weight excluding hydrogens is 356 g/mol. The van der Waals surface area contributed by atoms with Crippen LogP contribution in [0.2, 0.25) is 0 Å². The lowest BCUT2D eigenvalue weighted by Crippen LogP contribution is -1.95. The van der Waals surface area contributed by atoms with Gasteiger partial charge in [-0.1, -0.05) is 11.8 Å². The van der Waals surface area contributed by atoms with E-state index in [1.54, 1.807) is 0 Å². The molecule has 24 heavy (non-hydrogen) atoms. The molecule has 8 heteroatoms. The fourth-order valence-electron chi connectivity index (χ4n) is 2.13. The van der Waals surface area contributed by atoms with E-state index in [-0.39, 0.29) is 21.1 Å². The van der Waals surface area contributed by atoms with Crippen molar-refractivity contribution in [1.29, 1.82) is 5.26 Å². The Labute approximate surface area is 140 Å². The van der Waals surface area contributed by atoms with Gasteiger partial charge in [-0.3, -0.25) is 0 Å². The average molecular weight is 365 g/mol. The summed E-state index contributed by atoms with van der Waals surface area (Å²) < 4.78 is 55.4. The van der Waals surface area contributed by atoms with Crippen LogP contribution in [0, 0.1) is 23.0 Å². The van der Waals surface area contributed by atoms with Crippen LogP contribution in [-0.2, 0) is 9.84 Å². The van der Waals surface area contributed by atoms with E-state index in [1.807, 2.05) is 6.07 Å². The molecule has 1 aromatic heterocycles. The topological polar surface area (TPSA) is 71.1 Å². The van der Waals surface area contributed by atoms with Crippen LogP contribution in [-0.4, -0.2) is 14.7 Å². The molecule has 0 fully saturated rings. The Bertz CT molecular complexity index is 1100. The van der Waals surface area contributed by atoms with E-state index >= 15 is 0 Å². The molecule has 0 aliphatic heterocycles. The molecule has 0 aliphatic rings. The maximum absolute atomic E-state index is 13.8. The van der Waals surface area contributed by atoms with Crippen molar-refractivity contribution in [2.45, 2.75) is 14.7 Å². The molecule has 2 aromatic carbocycles. The summed E-state index contributed by atoms with van der Waals surface area (Å²) in [6.45, 7) is 0. The molecule has 1 heterocycles. The average Bonchev–Trinajstić information content (AvgIpc) is 2.86. The van der Waals surface area contributed by atoms with Gasteiger partial charge in [0.15, 0.2) is 9.84 Å². The highest BCUT2D eigenvalue weighted by molar-refractivity contribution is 7.99. The Morgan fingerprint density at radius 3 is 2.54 bits per heavy atom. The van der Waals surface area contributed by atoms with E-state index < -0.39 is 21.5 Å². The maximum Gasteiger partial charge on any atom is 0.218 e. The van der Waals surface area contributed by atoms with Gasteiger partial charge >= 0.3 is 0 Å². The predicted molar refractivity (Wildman–Crippen MR) is 84.5 cm³/mol. The van der Waals surface area contributed by atoms with Crippen LogP contribution in [0.3, 0.4) is 0 Å². The zero-order chi connectivity index (χ0) is 17.5. The smallest absolute Gasteiger partial charge is 0.218 e. The highest BCUT2D eigenvalue weighted by Gasteiger charge is 2.19. The third kappa shape index (κ3) is 3.00. The van der Waals surface area contributed by atoms with Crippen molar-refractivity contribution in [2.24, 2.45) is 0 Å². The summed E-state index contributed by atoms with van der Waals surface area (Å²) in [5.41, 5.74) is 0.208. The first-order valence-electron chi connectivity index (χ1n) is 6.59. The lowest BCUT2D eigenvalue weighted by molar-refractivity contribution is 0.565. The summed E-state index contributed by atoms with van der Waals surface area (Å²) in [7, 11) is -3.43. The molecule has 4 nitrogen and oxygen atoms in total.